The van der Waals surface area contributed by atoms with Gasteiger partial charge < -0.3 is 4.52 Å². The van der Waals surface area contributed by atoms with Crippen molar-refractivity contribution in [3.63, 3.8) is 0 Å². The number of hydrogen-bond acceptors (Lipinski definition) is 4. The van der Waals surface area contributed by atoms with Crippen LogP contribution in [0.15, 0.2) is 20.3 Å². The minimum atomic E-state index is -3.74. The fraction of sp³-hybridized carbons (Fsp3) is 0. The first-order valence-electron chi connectivity index (χ1n) is 2.07. The molecule has 0 saturated carbocycles. The molecule has 0 unspecified atom stereocenters. The summed E-state index contributed by atoms with van der Waals surface area (Å²) in [5, 5.41) is 2.85. The van der Waals surface area contributed by atoms with E-state index in [4.69, 9.17) is 10.7 Å². The van der Waals surface area contributed by atoms with Crippen LogP contribution in [0.25, 0.3) is 0 Å². The Morgan fingerprint density at radius 3 is 2.50 bits per heavy atom. The molecule has 0 N–H and O–H groups in total. The van der Waals surface area contributed by atoms with E-state index >= 15 is 0 Å². The molecule has 0 aromatic carbocycles. The molecule has 0 fully saturated rings. The highest BCUT2D eigenvalue weighted by Crippen LogP contribution is 2.17. The average molecular weight is 246 g/mol. The van der Waals surface area contributed by atoms with Gasteiger partial charge in [0.15, 0.2) is 0 Å². The molecule has 0 atom stereocenters. The largest absolute Gasteiger partial charge is 0.348 e. The summed E-state index contributed by atoms with van der Waals surface area (Å²) in [5.74, 6) is 0. The molecule has 0 aliphatic rings. The molecule has 1 aromatic heterocycles. The monoisotopic (exact) mass is 245 g/mol. The van der Waals surface area contributed by atoms with Crippen LogP contribution in [0.1, 0.15) is 0 Å². The van der Waals surface area contributed by atoms with Gasteiger partial charge in [0.05, 0.1) is 0 Å². The molecule has 0 radical (unpaired) electrons. The Hall–Kier alpha value is -0.0700. The normalized spacial score (nSPS) is 11.8. The van der Waals surface area contributed by atoms with Gasteiger partial charge in [-0.2, -0.15) is 0 Å². The second-order valence-corrected chi connectivity index (χ2v) is 4.70. The summed E-state index contributed by atoms with van der Waals surface area (Å²) in [6, 6.07) is 1.17. The van der Waals surface area contributed by atoms with E-state index in [0.717, 1.165) is 0 Å². The van der Waals surface area contributed by atoms with Gasteiger partial charge >= 0.3 is 0 Å². The third kappa shape index (κ3) is 1.71. The lowest BCUT2D eigenvalue weighted by Crippen LogP contribution is -1.88. The van der Waals surface area contributed by atoms with E-state index < -0.39 is 9.05 Å². The summed E-state index contributed by atoms with van der Waals surface area (Å²) in [7, 11) is 1.16. The summed E-state index contributed by atoms with van der Waals surface area (Å²) < 4.78 is 25.6. The van der Waals surface area contributed by atoms with Gasteiger partial charge in [0, 0.05) is 16.7 Å². The SMILES string of the molecule is O=S(=O)(Cl)c1cc(Br)on1. The lowest BCUT2D eigenvalue weighted by atomic mass is 10.8. The van der Waals surface area contributed by atoms with Gasteiger partial charge in [-0.25, -0.2) is 8.42 Å². The standard InChI is InChI=1S/C3HBrClNO3S/c4-2-1-3(6-9-2)10(5,7)8/h1H. The van der Waals surface area contributed by atoms with Gasteiger partial charge in [-0.15, -0.1) is 0 Å². The summed E-state index contributed by atoms with van der Waals surface area (Å²) in [6.07, 6.45) is 0. The lowest BCUT2D eigenvalue weighted by molar-refractivity contribution is 0.384. The first-order chi connectivity index (χ1) is 4.50. The third-order valence-electron chi connectivity index (χ3n) is 0.710. The van der Waals surface area contributed by atoms with Gasteiger partial charge in [-0.05, 0) is 15.9 Å². The fourth-order valence-corrected chi connectivity index (χ4v) is 1.39. The Labute approximate surface area is 69.7 Å². The molecule has 1 aromatic rings. The molecule has 0 amide bonds. The van der Waals surface area contributed by atoms with E-state index in [1.165, 1.54) is 6.07 Å². The number of aromatic nitrogens is 1. The smallest absolute Gasteiger partial charge is 0.282 e. The number of rotatable bonds is 1. The zero-order chi connectivity index (χ0) is 7.78. The topological polar surface area (TPSA) is 60.2 Å². The van der Waals surface area contributed by atoms with Gasteiger partial charge in [0.25, 0.3) is 9.05 Å². The molecular weight excluding hydrogens is 245 g/mol. The quantitative estimate of drug-likeness (QED) is 0.702. The third-order valence-corrected chi connectivity index (χ3v) is 2.25. The molecule has 1 rings (SSSR count). The molecular formula is C3HBrClNO3S. The van der Waals surface area contributed by atoms with Gasteiger partial charge in [0.2, 0.25) is 9.70 Å². The predicted octanol–water partition coefficient (Wildman–Crippen LogP) is 1.36. The second kappa shape index (κ2) is 2.52. The zero-order valence-corrected chi connectivity index (χ0v) is 7.57. The molecule has 0 bridgehead atoms. The minimum Gasteiger partial charge on any atom is -0.348 e. The Morgan fingerprint density at radius 2 is 2.30 bits per heavy atom. The van der Waals surface area contributed by atoms with Crippen LogP contribution < -0.4 is 0 Å². The fourth-order valence-electron chi connectivity index (χ4n) is 0.353. The van der Waals surface area contributed by atoms with Crippen LogP contribution in [0, 0.1) is 0 Å². The number of hydrogen-bond donors (Lipinski definition) is 0. The van der Waals surface area contributed by atoms with E-state index in [2.05, 4.69) is 25.6 Å². The Balaban J connectivity index is 3.21. The van der Waals surface area contributed by atoms with Crippen LogP contribution in [0.3, 0.4) is 0 Å². The van der Waals surface area contributed by atoms with E-state index in [-0.39, 0.29) is 9.70 Å². The van der Waals surface area contributed by atoms with Gasteiger partial charge in [0.1, 0.15) is 0 Å². The highest BCUT2D eigenvalue weighted by atomic mass is 79.9. The molecule has 7 heteroatoms. The van der Waals surface area contributed by atoms with Gasteiger partial charge in [-0.3, -0.25) is 0 Å². The average Bonchev–Trinajstić information content (AvgIpc) is 2.11. The van der Waals surface area contributed by atoms with Crippen molar-refractivity contribution in [3.05, 3.63) is 10.7 Å². The lowest BCUT2D eigenvalue weighted by Gasteiger charge is -1.79. The highest BCUT2D eigenvalue weighted by Gasteiger charge is 2.14. The summed E-state index contributed by atoms with van der Waals surface area (Å²) >= 11 is 2.87. The van der Waals surface area contributed by atoms with Crippen LogP contribution in [-0.4, -0.2) is 13.6 Å². The van der Waals surface area contributed by atoms with E-state index in [9.17, 15) is 8.42 Å². The Kier molecular flexibility index (Phi) is 2.02. The van der Waals surface area contributed by atoms with Crippen molar-refractivity contribution in [2.45, 2.75) is 5.03 Å². The number of halogens is 2. The maximum atomic E-state index is 10.5. The summed E-state index contributed by atoms with van der Waals surface area (Å²) in [4.78, 5) is 0. The molecule has 10 heavy (non-hydrogen) atoms. The van der Waals surface area contributed by atoms with Crippen molar-refractivity contribution >= 4 is 35.7 Å². The van der Waals surface area contributed by atoms with Crippen LogP contribution in [0.2, 0.25) is 0 Å². The van der Waals surface area contributed by atoms with Crippen molar-refractivity contribution < 1.29 is 12.9 Å². The van der Waals surface area contributed by atoms with Crippen molar-refractivity contribution in [1.29, 1.82) is 0 Å². The van der Waals surface area contributed by atoms with Crippen LogP contribution in [-0.2, 0) is 9.05 Å². The number of nitrogens with zero attached hydrogens (tertiary/aromatic N) is 1. The first-order valence-corrected chi connectivity index (χ1v) is 5.17. The Morgan fingerprint density at radius 1 is 1.70 bits per heavy atom. The minimum absolute atomic E-state index is 0.228. The van der Waals surface area contributed by atoms with E-state index in [1.807, 2.05) is 0 Å². The van der Waals surface area contributed by atoms with E-state index in [1.54, 1.807) is 0 Å². The van der Waals surface area contributed by atoms with Crippen molar-refractivity contribution in [3.8, 4) is 0 Å². The van der Waals surface area contributed by atoms with Gasteiger partial charge in [-0.1, -0.05) is 5.16 Å². The molecule has 4 nitrogen and oxygen atoms in total. The predicted molar refractivity (Wildman–Crippen MR) is 37.2 cm³/mol. The molecule has 0 spiro atoms. The Bertz CT molecular complexity index is 331. The van der Waals surface area contributed by atoms with Crippen molar-refractivity contribution in [2.75, 3.05) is 0 Å². The molecule has 0 aliphatic carbocycles. The van der Waals surface area contributed by atoms with E-state index in [0.29, 0.717) is 0 Å². The van der Waals surface area contributed by atoms with Crippen molar-refractivity contribution in [1.82, 2.24) is 5.16 Å². The van der Waals surface area contributed by atoms with Crippen molar-refractivity contribution in [2.24, 2.45) is 0 Å². The molecule has 0 aliphatic heterocycles. The maximum Gasteiger partial charge on any atom is 0.282 e. The zero-order valence-electron chi connectivity index (χ0n) is 4.41. The molecule has 0 saturated heterocycles. The maximum absolute atomic E-state index is 10.5. The second-order valence-electron chi connectivity index (χ2n) is 1.41. The van der Waals surface area contributed by atoms with Crippen LogP contribution in [0.4, 0.5) is 0 Å². The summed E-state index contributed by atoms with van der Waals surface area (Å²) in [6.45, 7) is 0. The molecule has 1 heterocycles. The van der Waals surface area contributed by atoms with Crippen LogP contribution in [0.5, 0.6) is 0 Å². The first kappa shape index (κ1) is 8.03. The van der Waals surface area contributed by atoms with Crippen LogP contribution >= 0.6 is 26.6 Å². The summed E-state index contributed by atoms with van der Waals surface area (Å²) in [5.41, 5.74) is 0. The highest BCUT2D eigenvalue weighted by molar-refractivity contribution is 9.10. The molecule has 56 valence electrons.